The van der Waals surface area contributed by atoms with Gasteiger partial charge in [0.05, 0.1) is 40.5 Å². The van der Waals surface area contributed by atoms with Crippen LogP contribution >= 0.6 is 0 Å². The number of amides is 5. The number of phenols is 2. The Morgan fingerprint density at radius 3 is 2.00 bits per heavy atom. The molecule has 64 heavy (non-hydrogen) atoms. The number of nitrogens with one attached hydrogen (secondary N) is 6. The lowest BCUT2D eigenvalue weighted by molar-refractivity contribution is -0.118. The standard InChI is InChI=1S/C45H41N9O10/c1-24(2)64-39-35(19-17-34(38(39)56)42(59)49-30-12-8-28(9-13-30)45(62)63)51-43(60)36-18-14-31(22-46-36)50-44(61)37(21-32-23-47-54-53-32)52-41(58)27-6-10-29(11-7-27)48-40(57)25(3)20-26-4-15-33(55)16-5-26/h4-20,22-24,37,55-56H,21H2,1-3H3,(H,48,57)(H,49,59)(H,50,61)(H,51,60)(H,52,58)(H,62,63)(H,47,53,54)/b25-20+/t37-/m0/s1. The molecule has 6 aromatic rings. The van der Waals surface area contributed by atoms with Gasteiger partial charge in [0.2, 0.25) is 5.91 Å². The maximum Gasteiger partial charge on any atom is 0.335 e. The molecule has 0 saturated heterocycles. The fraction of sp³-hybridized carbons (Fsp3) is 0.133. The van der Waals surface area contributed by atoms with E-state index >= 15 is 0 Å². The zero-order chi connectivity index (χ0) is 45.9. The van der Waals surface area contributed by atoms with E-state index in [0.29, 0.717) is 17.0 Å². The highest BCUT2D eigenvalue weighted by molar-refractivity contribution is 6.10. The molecular formula is C45H41N9O10. The fourth-order valence-corrected chi connectivity index (χ4v) is 5.93. The molecule has 0 spiro atoms. The minimum absolute atomic E-state index is 0.0234. The summed E-state index contributed by atoms with van der Waals surface area (Å²) in [6.45, 7) is 5.00. The Morgan fingerprint density at radius 1 is 0.734 bits per heavy atom. The monoisotopic (exact) mass is 867 g/mol. The van der Waals surface area contributed by atoms with Gasteiger partial charge in [-0.3, -0.25) is 29.1 Å². The number of carbonyl (C=O) groups is 6. The van der Waals surface area contributed by atoms with Gasteiger partial charge in [-0.05, 0) is 117 Å². The molecule has 2 heterocycles. The summed E-state index contributed by atoms with van der Waals surface area (Å²) in [5, 5.41) is 53.2. The molecule has 0 unspecified atom stereocenters. The lowest BCUT2D eigenvalue weighted by atomic mass is 10.1. The molecule has 0 aliphatic rings. The molecule has 0 fully saturated rings. The van der Waals surface area contributed by atoms with Crippen LogP contribution in [0, 0.1) is 0 Å². The number of aromatic carboxylic acids is 1. The fourth-order valence-electron chi connectivity index (χ4n) is 5.93. The molecule has 9 N–H and O–H groups in total. The highest BCUT2D eigenvalue weighted by Gasteiger charge is 2.25. The highest BCUT2D eigenvalue weighted by atomic mass is 16.5. The number of benzene rings is 4. The summed E-state index contributed by atoms with van der Waals surface area (Å²) in [6, 6.07) is 22.1. The average Bonchev–Trinajstić information content (AvgIpc) is 3.79. The largest absolute Gasteiger partial charge is 0.508 e. The van der Waals surface area contributed by atoms with Crippen LogP contribution in [0.4, 0.5) is 22.7 Å². The number of hydrogen-bond acceptors (Lipinski definition) is 12. The molecule has 326 valence electrons. The first-order chi connectivity index (χ1) is 30.6. The topological polar surface area (TPSA) is 287 Å². The summed E-state index contributed by atoms with van der Waals surface area (Å²) in [6.07, 6.45) is 3.83. The summed E-state index contributed by atoms with van der Waals surface area (Å²) < 4.78 is 5.78. The molecule has 19 heteroatoms. The number of aromatic amines is 1. The van der Waals surface area contributed by atoms with Crippen molar-refractivity contribution in [3.63, 3.8) is 0 Å². The van der Waals surface area contributed by atoms with E-state index in [1.54, 1.807) is 51.1 Å². The van der Waals surface area contributed by atoms with Crippen LogP contribution in [0.5, 0.6) is 17.2 Å². The number of carbonyl (C=O) groups excluding carboxylic acids is 5. The predicted octanol–water partition coefficient (Wildman–Crippen LogP) is 5.62. The lowest BCUT2D eigenvalue weighted by Crippen LogP contribution is -2.45. The number of H-pyrrole nitrogens is 1. The van der Waals surface area contributed by atoms with Crippen molar-refractivity contribution in [1.82, 2.24) is 25.7 Å². The van der Waals surface area contributed by atoms with E-state index in [4.69, 9.17) is 9.84 Å². The number of aromatic hydroxyl groups is 2. The van der Waals surface area contributed by atoms with E-state index in [0.717, 1.165) is 5.56 Å². The summed E-state index contributed by atoms with van der Waals surface area (Å²) in [5.41, 5.74) is 2.38. The molecule has 0 aliphatic heterocycles. The number of carboxylic acids is 1. The maximum atomic E-state index is 13.6. The Bertz CT molecular complexity index is 2700. The first kappa shape index (κ1) is 44.7. The van der Waals surface area contributed by atoms with Gasteiger partial charge in [0.25, 0.3) is 23.6 Å². The first-order valence-corrected chi connectivity index (χ1v) is 19.4. The summed E-state index contributed by atoms with van der Waals surface area (Å²) in [5.74, 6) is -4.81. The summed E-state index contributed by atoms with van der Waals surface area (Å²) in [7, 11) is 0. The van der Waals surface area contributed by atoms with Crippen LogP contribution in [-0.2, 0) is 16.0 Å². The minimum Gasteiger partial charge on any atom is -0.508 e. The molecule has 5 amide bonds. The molecule has 0 bridgehead atoms. The van der Waals surface area contributed by atoms with Crippen LogP contribution in [0.25, 0.3) is 6.08 Å². The molecule has 19 nitrogen and oxygen atoms in total. The van der Waals surface area contributed by atoms with Crippen molar-refractivity contribution in [2.24, 2.45) is 0 Å². The van der Waals surface area contributed by atoms with E-state index in [2.05, 4.69) is 47.0 Å². The third-order valence-corrected chi connectivity index (χ3v) is 9.17. The van der Waals surface area contributed by atoms with Gasteiger partial charge in [0, 0.05) is 35.1 Å². The third-order valence-electron chi connectivity index (χ3n) is 9.17. The van der Waals surface area contributed by atoms with Crippen LogP contribution in [0.1, 0.15) is 73.6 Å². The summed E-state index contributed by atoms with van der Waals surface area (Å²) >= 11 is 0. The minimum atomic E-state index is -1.15. The van der Waals surface area contributed by atoms with Crippen molar-refractivity contribution in [1.29, 1.82) is 0 Å². The number of carboxylic acid groups (broad SMARTS) is 1. The van der Waals surface area contributed by atoms with Gasteiger partial charge in [-0.1, -0.05) is 17.3 Å². The third kappa shape index (κ3) is 11.7. The molecular weight excluding hydrogens is 827 g/mol. The van der Waals surface area contributed by atoms with Crippen LogP contribution in [0.15, 0.2) is 115 Å². The normalized spacial score (nSPS) is 11.5. The molecule has 1 atom stereocenters. The first-order valence-electron chi connectivity index (χ1n) is 19.4. The van der Waals surface area contributed by atoms with E-state index < -0.39 is 47.5 Å². The van der Waals surface area contributed by atoms with E-state index in [1.807, 2.05) is 0 Å². The van der Waals surface area contributed by atoms with Gasteiger partial charge in [-0.2, -0.15) is 0 Å². The second-order valence-electron chi connectivity index (χ2n) is 14.4. The highest BCUT2D eigenvalue weighted by Crippen LogP contribution is 2.39. The van der Waals surface area contributed by atoms with Crippen LogP contribution in [-0.4, -0.2) is 83.4 Å². The van der Waals surface area contributed by atoms with Crippen molar-refractivity contribution in [2.75, 3.05) is 21.3 Å². The van der Waals surface area contributed by atoms with Gasteiger partial charge in [0.15, 0.2) is 11.5 Å². The number of hydrogen-bond donors (Lipinski definition) is 9. The Balaban J connectivity index is 1.09. The number of phenolic OH excluding ortho intramolecular Hbond substituents is 2. The molecule has 0 radical (unpaired) electrons. The summed E-state index contributed by atoms with van der Waals surface area (Å²) in [4.78, 5) is 81.5. The number of ether oxygens (including phenoxy) is 1. The molecule has 6 rings (SSSR count). The van der Waals surface area contributed by atoms with Gasteiger partial charge < -0.3 is 46.6 Å². The average molecular weight is 868 g/mol. The second kappa shape index (κ2) is 20.1. The zero-order valence-corrected chi connectivity index (χ0v) is 34.4. The van der Waals surface area contributed by atoms with Gasteiger partial charge in [-0.25, -0.2) is 9.78 Å². The van der Waals surface area contributed by atoms with Crippen LogP contribution in [0.3, 0.4) is 0 Å². The number of anilines is 4. The second-order valence-corrected chi connectivity index (χ2v) is 14.4. The van der Waals surface area contributed by atoms with Crippen molar-refractivity contribution < 1.29 is 48.8 Å². The number of aromatic nitrogens is 4. The Hall–Kier alpha value is -8.87. The quantitative estimate of drug-likeness (QED) is 0.0535. The smallest absolute Gasteiger partial charge is 0.335 e. The molecule has 2 aromatic heterocycles. The molecule has 0 saturated carbocycles. The van der Waals surface area contributed by atoms with Crippen molar-refractivity contribution in [2.45, 2.75) is 39.3 Å². The Labute approximate surface area is 364 Å². The maximum absolute atomic E-state index is 13.6. The molecule has 0 aliphatic carbocycles. The van der Waals surface area contributed by atoms with E-state index in [1.165, 1.54) is 85.2 Å². The Morgan fingerprint density at radius 2 is 1.39 bits per heavy atom. The van der Waals surface area contributed by atoms with Gasteiger partial charge in [0.1, 0.15) is 17.5 Å². The Kier molecular flexibility index (Phi) is 14.1. The lowest BCUT2D eigenvalue weighted by Gasteiger charge is -2.19. The SMILES string of the molecule is C/C(=C\c1ccc(O)cc1)C(=O)Nc1ccc(C(=O)N[C@@H](Cc2c[nH]nn2)C(=O)Nc2ccc(C(=O)Nc3ccc(C(=O)Nc4ccc(C(=O)O)cc4)c(O)c3OC(C)C)nc2)cc1. The van der Waals surface area contributed by atoms with Crippen molar-refractivity contribution in [3.05, 3.63) is 149 Å². The number of nitrogens with zero attached hydrogens (tertiary/aromatic N) is 3. The van der Waals surface area contributed by atoms with Crippen LogP contribution < -0.4 is 31.3 Å². The number of rotatable bonds is 16. The van der Waals surface area contributed by atoms with Gasteiger partial charge >= 0.3 is 5.97 Å². The number of pyridine rings is 1. The van der Waals surface area contributed by atoms with E-state index in [9.17, 15) is 39.0 Å². The zero-order valence-electron chi connectivity index (χ0n) is 34.4. The molecule has 4 aromatic carbocycles. The van der Waals surface area contributed by atoms with Crippen molar-refractivity contribution in [3.8, 4) is 17.2 Å². The van der Waals surface area contributed by atoms with Crippen LogP contribution in [0.2, 0.25) is 0 Å². The van der Waals surface area contributed by atoms with E-state index in [-0.39, 0.29) is 63.3 Å². The predicted molar refractivity (Wildman–Crippen MR) is 234 cm³/mol. The van der Waals surface area contributed by atoms with Crippen molar-refractivity contribution >= 4 is 64.3 Å². The van der Waals surface area contributed by atoms with Gasteiger partial charge in [-0.15, -0.1) is 5.10 Å².